The van der Waals surface area contributed by atoms with Crippen molar-refractivity contribution in [3.63, 3.8) is 0 Å². The van der Waals surface area contributed by atoms with Crippen LogP contribution in [-0.2, 0) is 4.79 Å². The molecule has 0 aromatic rings. The number of hydrogen-bond acceptors (Lipinski definition) is 2. The second-order valence-electron chi connectivity index (χ2n) is 4.29. The van der Waals surface area contributed by atoms with Crippen molar-refractivity contribution in [2.45, 2.75) is 26.2 Å². The molecule has 18 heavy (non-hydrogen) atoms. The molecule has 5 nitrogen and oxygen atoms in total. The molecule has 0 aliphatic heterocycles. The van der Waals surface area contributed by atoms with Crippen molar-refractivity contribution in [3.05, 3.63) is 0 Å². The van der Waals surface area contributed by atoms with E-state index >= 15 is 0 Å². The summed E-state index contributed by atoms with van der Waals surface area (Å²) in [5, 5.41) is 12.2. The fraction of sp³-hybridized carbons (Fsp3) is 0.778. The third kappa shape index (κ3) is 5.19. The number of carbonyl (C=O) groups excluding carboxylic acids is 1. The lowest BCUT2D eigenvalue weighted by molar-refractivity contribution is -0.146. The number of alkyl halides is 4. The number of carbonyl (C=O) groups is 2. The lowest BCUT2D eigenvalue weighted by Gasteiger charge is -2.20. The fourth-order valence-electron chi connectivity index (χ4n) is 0.715. The zero-order valence-electron chi connectivity index (χ0n) is 9.77. The Morgan fingerprint density at radius 3 is 2.00 bits per heavy atom. The maximum atomic E-state index is 12.4. The largest absolute Gasteiger partial charge is 0.481 e. The van der Waals surface area contributed by atoms with Gasteiger partial charge in [-0.25, -0.2) is 13.6 Å². The summed E-state index contributed by atoms with van der Waals surface area (Å²) >= 11 is 0. The van der Waals surface area contributed by atoms with Crippen molar-refractivity contribution < 1.29 is 32.3 Å². The van der Waals surface area contributed by atoms with Crippen molar-refractivity contribution in [2.24, 2.45) is 5.41 Å². The Balaban J connectivity index is 4.12. The first-order valence-electron chi connectivity index (χ1n) is 4.90. The van der Waals surface area contributed by atoms with Gasteiger partial charge in [0, 0.05) is 6.54 Å². The van der Waals surface area contributed by atoms with Gasteiger partial charge in [0.25, 0.3) is 0 Å². The van der Waals surface area contributed by atoms with Crippen molar-refractivity contribution >= 4 is 12.0 Å². The van der Waals surface area contributed by atoms with Crippen LogP contribution in [0, 0.1) is 5.41 Å². The fourth-order valence-corrected chi connectivity index (χ4v) is 0.715. The molecule has 0 saturated carbocycles. The molecule has 0 aliphatic carbocycles. The molecule has 0 aromatic heterocycles. The van der Waals surface area contributed by atoms with Crippen LogP contribution in [0.5, 0.6) is 0 Å². The molecule has 0 atom stereocenters. The average molecular weight is 274 g/mol. The lowest BCUT2D eigenvalue weighted by atomic mass is 9.94. The summed E-state index contributed by atoms with van der Waals surface area (Å²) in [6.45, 7) is 0.769. The summed E-state index contributed by atoms with van der Waals surface area (Å²) in [4.78, 5) is 21.6. The molecule has 0 unspecified atom stereocenters. The minimum Gasteiger partial charge on any atom is -0.481 e. The van der Waals surface area contributed by atoms with Gasteiger partial charge < -0.3 is 15.7 Å². The second kappa shape index (κ2) is 5.87. The predicted molar refractivity (Wildman–Crippen MR) is 53.8 cm³/mol. The summed E-state index contributed by atoms with van der Waals surface area (Å²) < 4.78 is 48.3. The maximum absolute atomic E-state index is 12.4. The molecule has 2 amide bonds. The SMILES string of the molecule is CC(C)(CNC(=O)NCC(F)(F)C(F)F)C(=O)O. The van der Waals surface area contributed by atoms with Crippen LogP contribution in [0.25, 0.3) is 0 Å². The maximum Gasteiger partial charge on any atom is 0.324 e. The van der Waals surface area contributed by atoms with E-state index in [9.17, 15) is 27.2 Å². The number of halogens is 4. The standard InChI is InChI=1S/C9H14F4N2O3/c1-8(2,6(16)17)3-14-7(18)15-4-9(12,13)5(10)11/h5H,3-4H2,1-2H3,(H,16,17)(H2,14,15,18). The van der Waals surface area contributed by atoms with Crippen molar-refractivity contribution in [2.75, 3.05) is 13.1 Å². The molecule has 9 heteroatoms. The Bertz CT molecular complexity index is 321. The Labute approximate surface area is 101 Å². The average Bonchev–Trinajstić information content (AvgIpc) is 2.23. The van der Waals surface area contributed by atoms with Crippen LogP contribution >= 0.6 is 0 Å². The van der Waals surface area contributed by atoms with E-state index in [2.05, 4.69) is 0 Å². The molecule has 0 heterocycles. The summed E-state index contributed by atoms with van der Waals surface area (Å²) in [7, 11) is 0. The molecule has 0 rings (SSSR count). The molecule has 0 spiro atoms. The van der Waals surface area contributed by atoms with Crippen LogP contribution in [0.3, 0.4) is 0 Å². The Hall–Kier alpha value is -1.54. The van der Waals surface area contributed by atoms with Gasteiger partial charge in [0.2, 0.25) is 0 Å². The van der Waals surface area contributed by atoms with Crippen LogP contribution in [0.4, 0.5) is 22.4 Å². The number of urea groups is 1. The highest BCUT2D eigenvalue weighted by atomic mass is 19.3. The highest BCUT2D eigenvalue weighted by Gasteiger charge is 2.40. The van der Waals surface area contributed by atoms with Crippen LogP contribution in [-0.4, -0.2) is 42.5 Å². The molecular weight excluding hydrogens is 260 g/mol. The molecule has 0 fully saturated rings. The molecule has 0 saturated heterocycles. The molecule has 106 valence electrons. The predicted octanol–water partition coefficient (Wildman–Crippen LogP) is 1.30. The summed E-state index contributed by atoms with van der Waals surface area (Å²) in [6, 6.07) is -1.13. The highest BCUT2D eigenvalue weighted by molar-refractivity contribution is 5.77. The first kappa shape index (κ1) is 16.5. The van der Waals surface area contributed by atoms with Gasteiger partial charge in [-0.15, -0.1) is 0 Å². The number of aliphatic carboxylic acids is 1. The van der Waals surface area contributed by atoms with Gasteiger partial charge in [-0.1, -0.05) is 0 Å². The number of carboxylic acids is 1. The third-order valence-corrected chi connectivity index (χ3v) is 2.07. The number of carboxylic acid groups (broad SMARTS) is 1. The Kier molecular flexibility index (Phi) is 5.37. The number of hydrogen-bond donors (Lipinski definition) is 3. The van der Waals surface area contributed by atoms with Gasteiger partial charge in [-0.3, -0.25) is 4.79 Å². The zero-order chi connectivity index (χ0) is 14.6. The minimum atomic E-state index is -4.32. The smallest absolute Gasteiger partial charge is 0.324 e. The van der Waals surface area contributed by atoms with E-state index in [1.807, 2.05) is 5.32 Å². The van der Waals surface area contributed by atoms with Gasteiger partial charge in [0.1, 0.15) is 0 Å². The quantitative estimate of drug-likeness (QED) is 0.639. The molecule has 3 N–H and O–H groups in total. The minimum absolute atomic E-state index is 0.325. The zero-order valence-corrected chi connectivity index (χ0v) is 9.77. The van der Waals surface area contributed by atoms with E-state index in [1.165, 1.54) is 13.8 Å². The van der Waals surface area contributed by atoms with Crippen LogP contribution in [0.1, 0.15) is 13.8 Å². The topological polar surface area (TPSA) is 78.4 Å². The van der Waals surface area contributed by atoms with E-state index in [0.717, 1.165) is 0 Å². The first-order valence-corrected chi connectivity index (χ1v) is 4.90. The monoisotopic (exact) mass is 274 g/mol. The Morgan fingerprint density at radius 2 is 1.61 bits per heavy atom. The third-order valence-electron chi connectivity index (χ3n) is 2.07. The van der Waals surface area contributed by atoms with Crippen molar-refractivity contribution in [3.8, 4) is 0 Å². The van der Waals surface area contributed by atoms with E-state index in [-0.39, 0.29) is 6.54 Å². The van der Waals surface area contributed by atoms with Crippen molar-refractivity contribution in [1.82, 2.24) is 10.6 Å². The normalized spacial score (nSPS) is 12.4. The van der Waals surface area contributed by atoms with Crippen LogP contribution in [0.15, 0.2) is 0 Å². The summed E-state index contributed by atoms with van der Waals surface area (Å²) in [5.41, 5.74) is -1.29. The van der Waals surface area contributed by atoms with Gasteiger partial charge >= 0.3 is 24.3 Å². The van der Waals surface area contributed by atoms with E-state index in [4.69, 9.17) is 5.11 Å². The number of amides is 2. The van der Waals surface area contributed by atoms with Gasteiger partial charge in [-0.05, 0) is 13.8 Å². The van der Waals surface area contributed by atoms with Gasteiger partial charge in [0.15, 0.2) is 0 Å². The highest BCUT2D eigenvalue weighted by Crippen LogP contribution is 2.21. The number of nitrogens with one attached hydrogen (secondary N) is 2. The second-order valence-corrected chi connectivity index (χ2v) is 4.29. The van der Waals surface area contributed by atoms with Gasteiger partial charge in [-0.2, -0.15) is 8.78 Å². The molecule has 0 aromatic carbocycles. The first-order chi connectivity index (χ1) is 7.99. The van der Waals surface area contributed by atoms with Crippen LogP contribution in [0.2, 0.25) is 0 Å². The molecule has 0 aliphatic rings. The van der Waals surface area contributed by atoms with Crippen molar-refractivity contribution in [1.29, 1.82) is 0 Å². The summed E-state index contributed by atoms with van der Waals surface area (Å²) in [5.74, 6) is -5.51. The summed E-state index contributed by atoms with van der Waals surface area (Å²) in [6.07, 6.45) is -3.88. The van der Waals surface area contributed by atoms with E-state index in [0.29, 0.717) is 0 Å². The van der Waals surface area contributed by atoms with Gasteiger partial charge in [0.05, 0.1) is 12.0 Å². The number of rotatable bonds is 6. The van der Waals surface area contributed by atoms with E-state index < -0.39 is 36.3 Å². The molecular formula is C9H14F4N2O3. The molecule has 0 bridgehead atoms. The molecule has 0 radical (unpaired) electrons. The Morgan fingerprint density at radius 1 is 1.17 bits per heavy atom. The lowest BCUT2D eigenvalue weighted by Crippen LogP contribution is -2.48. The van der Waals surface area contributed by atoms with Crippen LogP contribution < -0.4 is 10.6 Å². The van der Waals surface area contributed by atoms with E-state index in [1.54, 1.807) is 5.32 Å².